The number of anilines is 1. The Hall–Kier alpha value is -1.64. The molecule has 4 unspecified atom stereocenters. The molecular formula is C21H32F3N5O. The number of hydrogen-bond acceptors (Lipinski definition) is 6. The van der Waals surface area contributed by atoms with Crippen LogP contribution in [0.4, 0.5) is 19.1 Å². The number of fused-ring (bicyclic) bond motifs is 1. The van der Waals surface area contributed by atoms with Gasteiger partial charge in [0.25, 0.3) is 0 Å². The fourth-order valence-corrected chi connectivity index (χ4v) is 5.34. The van der Waals surface area contributed by atoms with Crippen LogP contribution in [0.5, 0.6) is 6.01 Å². The highest BCUT2D eigenvalue weighted by Crippen LogP contribution is 2.44. The van der Waals surface area contributed by atoms with Gasteiger partial charge >= 0.3 is 12.2 Å². The van der Waals surface area contributed by atoms with E-state index < -0.39 is 12.8 Å². The Balaban J connectivity index is 1.42. The van der Waals surface area contributed by atoms with Crippen LogP contribution in [0.25, 0.3) is 0 Å². The van der Waals surface area contributed by atoms with Crippen molar-refractivity contribution in [3.8, 4) is 6.01 Å². The van der Waals surface area contributed by atoms with Crippen molar-refractivity contribution < 1.29 is 17.9 Å². The van der Waals surface area contributed by atoms with Crippen LogP contribution < -0.4 is 15.4 Å². The van der Waals surface area contributed by atoms with Gasteiger partial charge in [0.2, 0.25) is 5.95 Å². The predicted octanol–water partition coefficient (Wildman–Crippen LogP) is 4.13. The molecule has 1 saturated heterocycles. The summed E-state index contributed by atoms with van der Waals surface area (Å²) in [6.07, 6.45) is 7.19. The van der Waals surface area contributed by atoms with E-state index in [0.717, 1.165) is 31.2 Å². The summed E-state index contributed by atoms with van der Waals surface area (Å²) in [6, 6.07) is 0.0714. The van der Waals surface area contributed by atoms with Gasteiger partial charge in [0.1, 0.15) is 5.82 Å². The van der Waals surface area contributed by atoms with Crippen LogP contribution in [-0.2, 0) is 6.42 Å². The zero-order chi connectivity index (χ0) is 21.0. The van der Waals surface area contributed by atoms with Gasteiger partial charge < -0.3 is 15.4 Å². The van der Waals surface area contributed by atoms with Gasteiger partial charge in [-0.15, -0.1) is 0 Å². The van der Waals surface area contributed by atoms with Crippen LogP contribution in [0.1, 0.15) is 63.6 Å². The third-order valence-electron chi connectivity index (χ3n) is 6.81. The Morgan fingerprint density at radius 2 is 1.83 bits per heavy atom. The smallest absolute Gasteiger partial charge is 0.422 e. The van der Waals surface area contributed by atoms with Crippen LogP contribution in [-0.4, -0.2) is 46.9 Å². The lowest BCUT2D eigenvalue weighted by Crippen LogP contribution is -2.39. The molecule has 4 atom stereocenters. The number of halogens is 3. The van der Waals surface area contributed by atoms with Gasteiger partial charge in [0, 0.05) is 19.0 Å². The molecule has 168 valence electrons. The molecule has 4 rings (SSSR count). The number of nitrogens with one attached hydrogen (secondary N) is 2. The molecule has 2 saturated carbocycles. The standard InChI is InChI=1S/C21H32F3N5O/c22-21(23,24)13-30-20-28-18(11-14-7-8-15-4-3-5-16(15)10-14)27-19(29-20)26-12-17-6-1-2-9-25-17/h14-17,25H,1-13H2,(H,26,27,28,29). The van der Waals surface area contributed by atoms with Crippen molar-refractivity contribution in [2.24, 2.45) is 17.8 Å². The first-order valence-electron chi connectivity index (χ1n) is 11.4. The molecule has 3 fully saturated rings. The van der Waals surface area contributed by atoms with E-state index >= 15 is 0 Å². The largest absolute Gasteiger partial charge is 0.454 e. The second-order valence-electron chi connectivity index (χ2n) is 9.12. The van der Waals surface area contributed by atoms with Crippen molar-refractivity contribution >= 4 is 5.95 Å². The Bertz CT molecular complexity index is 696. The minimum atomic E-state index is -4.42. The van der Waals surface area contributed by atoms with E-state index in [2.05, 4.69) is 25.6 Å². The number of hydrogen-bond donors (Lipinski definition) is 2. The SMILES string of the molecule is FC(F)(F)COc1nc(CC2CCC3CCCC3C2)nc(NCC2CCCCN2)n1. The molecule has 3 aliphatic rings. The van der Waals surface area contributed by atoms with E-state index in [-0.39, 0.29) is 6.01 Å². The van der Waals surface area contributed by atoms with Gasteiger partial charge in [-0.05, 0) is 56.4 Å². The zero-order valence-corrected chi connectivity index (χ0v) is 17.4. The average molecular weight is 428 g/mol. The molecule has 6 nitrogen and oxygen atoms in total. The molecule has 30 heavy (non-hydrogen) atoms. The summed E-state index contributed by atoms with van der Waals surface area (Å²) in [5.41, 5.74) is 0. The Labute approximate surface area is 175 Å². The molecule has 2 heterocycles. The molecule has 1 aromatic rings. The van der Waals surface area contributed by atoms with Crippen molar-refractivity contribution in [2.45, 2.75) is 76.4 Å². The maximum atomic E-state index is 12.6. The number of rotatable bonds is 7. The first-order valence-corrected chi connectivity index (χ1v) is 11.4. The van der Waals surface area contributed by atoms with Crippen molar-refractivity contribution in [1.82, 2.24) is 20.3 Å². The highest BCUT2D eigenvalue weighted by atomic mass is 19.4. The number of nitrogens with zero attached hydrogens (tertiary/aromatic N) is 3. The van der Waals surface area contributed by atoms with Crippen LogP contribution in [0.15, 0.2) is 0 Å². The van der Waals surface area contributed by atoms with Gasteiger partial charge in [0.15, 0.2) is 6.61 Å². The lowest BCUT2D eigenvalue weighted by Gasteiger charge is -2.31. The van der Waals surface area contributed by atoms with Gasteiger partial charge in [-0.2, -0.15) is 28.1 Å². The summed E-state index contributed by atoms with van der Waals surface area (Å²) in [6.45, 7) is 0.223. The van der Waals surface area contributed by atoms with Crippen molar-refractivity contribution in [2.75, 3.05) is 25.0 Å². The van der Waals surface area contributed by atoms with E-state index in [1.54, 1.807) is 0 Å². The first kappa shape index (κ1) is 21.6. The monoisotopic (exact) mass is 427 g/mol. The van der Waals surface area contributed by atoms with E-state index in [9.17, 15) is 13.2 Å². The molecule has 9 heteroatoms. The van der Waals surface area contributed by atoms with E-state index in [4.69, 9.17) is 4.74 Å². The Morgan fingerprint density at radius 3 is 2.63 bits per heavy atom. The summed E-state index contributed by atoms with van der Waals surface area (Å²) in [4.78, 5) is 12.8. The highest BCUT2D eigenvalue weighted by molar-refractivity contribution is 5.26. The highest BCUT2D eigenvalue weighted by Gasteiger charge is 2.34. The zero-order valence-electron chi connectivity index (χ0n) is 17.4. The molecular weight excluding hydrogens is 395 g/mol. The minimum Gasteiger partial charge on any atom is -0.454 e. The third-order valence-corrected chi connectivity index (χ3v) is 6.81. The summed E-state index contributed by atoms with van der Waals surface area (Å²) < 4.78 is 42.7. The quantitative estimate of drug-likeness (QED) is 0.682. The van der Waals surface area contributed by atoms with E-state index in [0.29, 0.717) is 36.7 Å². The second kappa shape index (κ2) is 9.66. The second-order valence-corrected chi connectivity index (χ2v) is 9.12. The van der Waals surface area contributed by atoms with Crippen LogP contribution in [0, 0.1) is 17.8 Å². The Kier molecular flexibility index (Phi) is 6.95. The van der Waals surface area contributed by atoms with Crippen molar-refractivity contribution in [3.05, 3.63) is 5.82 Å². The molecule has 0 bridgehead atoms. The van der Waals surface area contributed by atoms with Gasteiger partial charge in [-0.3, -0.25) is 0 Å². The molecule has 0 amide bonds. The molecule has 1 aromatic heterocycles. The lowest BCUT2D eigenvalue weighted by atomic mass is 9.75. The van der Waals surface area contributed by atoms with E-state index in [1.165, 1.54) is 44.9 Å². The fraction of sp³-hybridized carbons (Fsp3) is 0.857. The predicted molar refractivity (Wildman–Crippen MR) is 107 cm³/mol. The van der Waals surface area contributed by atoms with E-state index in [1.807, 2.05) is 0 Å². The number of ether oxygens (including phenoxy) is 1. The van der Waals surface area contributed by atoms with Gasteiger partial charge in [-0.1, -0.05) is 25.7 Å². The molecule has 0 aromatic carbocycles. The number of piperidine rings is 1. The van der Waals surface area contributed by atoms with Gasteiger partial charge in [0.05, 0.1) is 0 Å². The summed E-state index contributed by atoms with van der Waals surface area (Å²) in [7, 11) is 0. The third kappa shape index (κ3) is 6.18. The van der Waals surface area contributed by atoms with Gasteiger partial charge in [-0.25, -0.2) is 0 Å². The Morgan fingerprint density at radius 1 is 0.967 bits per heavy atom. The van der Waals surface area contributed by atoms with Crippen molar-refractivity contribution in [1.29, 1.82) is 0 Å². The van der Waals surface area contributed by atoms with Crippen LogP contribution >= 0.6 is 0 Å². The topological polar surface area (TPSA) is 72.0 Å². The molecule has 1 aliphatic heterocycles. The molecule has 0 radical (unpaired) electrons. The molecule has 2 aliphatic carbocycles. The first-order chi connectivity index (χ1) is 14.4. The van der Waals surface area contributed by atoms with Crippen LogP contribution in [0.3, 0.4) is 0 Å². The molecule has 2 N–H and O–H groups in total. The van der Waals surface area contributed by atoms with Crippen molar-refractivity contribution in [3.63, 3.8) is 0 Å². The average Bonchev–Trinajstić information content (AvgIpc) is 3.19. The summed E-state index contributed by atoms with van der Waals surface area (Å²) >= 11 is 0. The minimum absolute atomic E-state index is 0.244. The fourth-order valence-electron chi connectivity index (χ4n) is 5.34. The summed E-state index contributed by atoms with van der Waals surface area (Å²) in [5, 5.41) is 6.62. The lowest BCUT2D eigenvalue weighted by molar-refractivity contribution is -0.154. The molecule has 0 spiro atoms. The maximum Gasteiger partial charge on any atom is 0.422 e. The number of aromatic nitrogens is 3. The maximum absolute atomic E-state index is 12.6. The van der Waals surface area contributed by atoms with Crippen LogP contribution in [0.2, 0.25) is 0 Å². The summed E-state index contributed by atoms with van der Waals surface area (Å²) in [5.74, 6) is 2.98. The number of alkyl halides is 3. The normalized spacial score (nSPS) is 29.4.